The molecule has 152 valence electrons. The van der Waals surface area contributed by atoms with Crippen molar-refractivity contribution in [2.75, 3.05) is 23.3 Å². The number of furan rings is 1. The van der Waals surface area contributed by atoms with E-state index in [4.69, 9.17) is 9.40 Å². The third kappa shape index (κ3) is 3.59. The lowest BCUT2D eigenvalue weighted by Gasteiger charge is -2.32. The Morgan fingerprint density at radius 2 is 1.79 bits per heavy atom. The fourth-order valence-corrected chi connectivity index (χ4v) is 4.04. The zero-order valence-electron chi connectivity index (χ0n) is 17.8. The summed E-state index contributed by atoms with van der Waals surface area (Å²) in [5.41, 5.74) is 4.96. The molecule has 3 aromatic rings. The molecule has 6 nitrogen and oxygen atoms in total. The Hall–Kier alpha value is -2.89. The van der Waals surface area contributed by atoms with Gasteiger partial charge >= 0.3 is 0 Å². The van der Waals surface area contributed by atoms with Gasteiger partial charge in [0.05, 0.1) is 5.39 Å². The lowest BCUT2D eigenvalue weighted by atomic mass is 9.95. The van der Waals surface area contributed by atoms with Crippen molar-refractivity contribution in [3.8, 4) is 0 Å². The van der Waals surface area contributed by atoms with Gasteiger partial charge in [-0.2, -0.15) is 4.98 Å². The van der Waals surface area contributed by atoms with Crippen LogP contribution in [-0.4, -0.2) is 29.0 Å². The second kappa shape index (κ2) is 7.50. The van der Waals surface area contributed by atoms with Crippen LogP contribution in [0.2, 0.25) is 0 Å². The molecule has 0 saturated carbocycles. The number of piperidine rings is 1. The van der Waals surface area contributed by atoms with Crippen molar-refractivity contribution in [1.29, 1.82) is 0 Å². The van der Waals surface area contributed by atoms with Crippen LogP contribution in [-0.2, 0) is 4.79 Å². The molecule has 2 aromatic heterocycles. The van der Waals surface area contributed by atoms with Gasteiger partial charge in [-0.1, -0.05) is 12.1 Å². The van der Waals surface area contributed by atoms with Gasteiger partial charge in [-0.15, -0.1) is 0 Å². The molecular weight excluding hydrogens is 364 g/mol. The average Bonchev–Trinajstić information content (AvgIpc) is 2.98. The summed E-state index contributed by atoms with van der Waals surface area (Å²) in [5, 5.41) is 4.12. The van der Waals surface area contributed by atoms with Crippen molar-refractivity contribution >= 4 is 28.5 Å². The van der Waals surface area contributed by atoms with E-state index >= 15 is 0 Å². The van der Waals surface area contributed by atoms with Gasteiger partial charge in [0, 0.05) is 30.3 Å². The van der Waals surface area contributed by atoms with Crippen molar-refractivity contribution < 1.29 is 9.21 Å². The molecule has 1 aliphatic rings. The highest BCUT2D eigenvalue weighted by Gasteiger charge is 2.28. The maximum atomic E-state index is 12.8. The summed E-state index contributed by atoms with van der Waals surface area (Å²) in [6.45, 7) is 11.6. The number of hydrogen-bond donors (Lipinski definition) is 1. The van der Waals surface area contributed by atoms with Crippen LogP contribution in [0, 0.1) is 40.5 Å². The summed E-state index contributed by atoms with van der Waals surface area (Å²) in [6.07, 6.45) is 1.61. The van der Waals surface area contributed by atoms with Crippen LogP contribution in [0.15, 0.2) is 22.6 Å². The van der Waals surface area contributed by atoms with Crippen molar-refractivity contribution in [3.63, 3.8) is 0 Å². The number of carbonyl (C=O) groups excluding carboxylic acids is 1. The summed E-state index contributed by atoms with van der Waals surface area (Å²) in [6, 6.07) is 6.02. The lowest BCUT2D eigenvalue weighted by Crippen LogP contribution is -2.38. The molecule has 0 radical (unpaired) electrons. The summed E-state index contributed by atoms with van der Waals surface area (Å²) in [4.78, 5) is 24.3. The first-order valence-electron chi connectivity index (χ1n) is 10.2. The Bertz CT molecular complexity index is 1080. The number of rotatable bonds is 3. The Kier molecular flexibility index (Phi) is 5.03. The number of aromatic nitrogens is 2. The average molecular weight is 393 g/mol. The molecule has 6 heteroatoms. The predicted molar refractivity (Wildman–Crippen MR) is 115 cm³/mol. The fraction of sp³-hybridized carbons (Fsp3) is 0.435. The standard InChI is InChI=1S/C23H28N4O2/c1-13-7-6-8-19(14(13)2)26-22(28)18-9-11-27(12-10-18)21-20-15(3)16(4)29-23(20)25-17(5)24-21/h6-8,18H,9-12H2,1-5H3,(H,26,28). The van der Waals surface area contributed by atoms with Gasteiger partial charge in [-0.25, -0.2) is 4.98 Å². The molecule has 1 fully saturated rings. The lowest BCUT2D eigenvalue weighted by molar-refractivity contribution is -0.120. The molecule has 3 heterocycles. The fourth-order valence-electron chi connectivity index (χ4n) is 4.04. The van der Waals surface area contributed by atoms with Crippen LogP contribution >= 0.6 is 0 Å². The Balaban J connectivity index is 1.49. The van der Waals surface area contributed by atoms with Gasteiger partial charge in [0.15, 0.2) is 0 Å². The summed E-state index contributed by atoms with van der Waals surface area (Å²) in [7, 11) is 0. The Morgan fingerprint density at radius 3 is 2.52 bits per heavy atom. The summed E-state index contributed by atoms with van der Waals surface area (Å²) >= 11 is 0. The Labute approximate surface area is 171 Å². The number of carbonyl (C=O) groups is 1. The van der Waals surface area contributed by atoms with Crippen molar-refractivity contribution in [2.45, 2.75) is 47.5 Å². The van der Waals surface area contributed by atoms with Crippen molar-refractivity contribution in [2.24, 2.45) is 5.92 Å². The van der Waals surface area contributed by atoms with Crippen LogP contribution in [0.1, 0.15) is 41.1 Å². The summed E-state index contributed by atoms with van der Waals surface area (Å²) in [5.74, 6) is 2.63. The number of anilines is 2. The minimum atomic E-state index is 0.0109. The van der Waals surface area contributed by atoms with Crippen LogP contribution in [0.3, 0.4) is 0 Å². The molecular formula is C23H28N4O2. The van der Waals surface area contributed by atoms with Gasteiger partial charge < -0.3 is 14.6 Å². The molecule has 4 rings (SSSR count). The van der Waals surface area contributed by atoms with Gasteiger partial charge in [-0.05, 0) is 64.7 Å². The molecule has 1 aliphatic heterocycles. The first-order valence-corrected chi connectivity index (χ1v) is 10.2. The summed E-state index contributed by atoms with van der Waals surface area (Å²) < 4.78 is 5.82. The monoisotopic (exact) mass is 392 g/mol. The SMILES string of the molecule is Cc1nc(N2CCC(C(=O)Nc3cccc(C)c3C)CC2)c2c(C)c(C)oc2n1. The predicted octanol–water partition coefficient (Wildman–Crippen LogP) is 4.62. The minimum absolute atomic E-state index is 0.0109. The number of aryl methyl sites for hydroxylation is 4. The second-order valence-electron chi connectivity index (χ2n) is 8.06. The number of nitrogens with one attached hydrogen (secondary N) is 1. The van der Waals surface area contributed by atoms with Gasteiger partial charge in [-0.3, -0.25) is 4.79 Å². The molecule has 1 saturated heterocycles. The highest BCUT2D eigenvalue weighted by Crippen LogP contribution is 2.33. The van der Waals surface area contributed by atoms with E-state index in [9.17, 15) is 4.79 Å². The Morgan fingerprint density at radius 1 is 1.07 bits per heavy atom. The number of amides is 1. The van der Waals surface area contributed by atoms with E-state index in [1.165, 1.54) is 5.56 Å². The number of nitrogens with zero attached hydrogens (tertiary/aromatic N) is 3. The molecule has 1 N–H and O–H groups in total. The maximum Gasteiger partial charge on any atom is 0.231 e. The van der Waals surface area contributed by atoms with E-state index < -0.39 is 0 Å². The van der Waals surface area contributed by atoms with E-state index in [2.05, 4.69) is 28.2 Å². The first kappa shape index (κ1) is 19.4. The van der Waals surface area contributed by atoms with Crippen LogP contribution in [0.25, 0.3) is 11.1 Å². The topological polar surface area (TPSA) is 71.3 Å². The zero-order valence-corrected chi connectivity index (χ0v) is 17.8. The molecule has 0 unspecified atom stereocenters. The zero-order chi connectivity index (χ0) is 20.7. The minimum Gasteiger partial charge on any atom is -0.443 e. The van der Waals surface area contributed by atoms with Gasteiger partial charge in [0.25, 0.3) is 0 Å². The van der Waals surface area contributed by atoms with Gasteiger partial charge in [0.2, 0.25) is 11.6 Å². The molecule has 29 heavy (non-hydrogen) atoms. The first-order chi connectivity index (χ1) is 13.8. The van der Waals surface area contributed by atoms with Crippen LogP contribution in [0.4, 0.5) is 11.5 Å². The number of benzene rings is 1. The van der Waals surface area contributed by atoms with E-state index in [0.717, 1.165) is 59.7 Å². The highest BCUT2D eigenvalue weighted by molar-refractivity contribution is 5.94. The molecule has 0 spiro atoms. The molecule has 1 amide bonds. The quantitative estimate of drug-likeness (QED) is 0.704. The van der Waals surface area contributed by atoms with E-state index in [0.29, 0.717) is 11.5 Å². The number of hydrogen-bond acceptors (Lipinski definition) is 5. The van der Waals surface area contributed by atoms with Crippen LogP contribution in [0.5, 0.6) is 0 Å². The van der Waals surface area contributed by atoms with Crippen molar-refractivity contribution in [3.05, 3.63) is 46.5 Å². The molecule has 0 aliphatic carbocycles. The largest absolute Gasteiger partial charge is 0.443 e. The highest BCUT2D eigenvalue weighted by atomic mass is 16.3. The number of fused-ring (bicyclic) bond motifs is 1. The van der Waals surface area contributed by atoms with E-state index in [-0.39, 0.29) is 11.8 Å². The van der Waals surface area contributed by atoms with E-state index in [1.807, 2.05) is 39.8 Å². The third-order valence-corrected chi connectivity index (χ3v) is 6.15. The molecule has 0 atom stereocenters. The van der Waals surface area contributed by atoms with Crippen molar-refractivity contribution in [1.82, 2.24) is 9.97 Å². The van der Waals surface area contributed by atoms with E-state index in [1.54, 1.807) is 0 Å². The third-order valence-electron chi connectivity index (χ3n) is 6.15. The molecule has 1 aromatic carbocycles. The molecule has 0 bridgehead atoms. The van der Waals surface area contributed by atoms with Crippen LogP contribution < -0.4 is 10.2 Å². The maximum absolute atomic E-state index is 12.8. The smallest absolute Gasteiger partial charge is 0.231 e. The normalized spacial score (nSPS) is 15.1. The second-order valence-corrected chi connectivity index (χ2v) is 8.06. The van der Waals surface area contributed by atoms with Gasteiger partial charge in [0.1, 0.15) is 17.4 Å².